The van der Waals surface area contributed by atoms with Crippen LogP contribution in [0.15, 0.2) is 78.9 Å². The van der Waals surface area contributed by atoms with Crippen LogP contribution in [0, 0.1) is 0 Å². The quantitative estimate of drug-likeness (QED) is 0.665. The molecule has 6 nitrogen and oxygen atoms in total. The highest BCUT2D eigenvalue weighted by molar-refractivity contribution is 5.94. The normalized spacial score (nSPS) is 13.5. The average Bonchev–Trinajstić information content (AvgIpc) is 2.79. The SMILES string of the molecule is O=C1CN(c2ccc(CNC(=O)c3ccc(Oc4ccccc4)cc3)cc2)CCN1. The minimum absolute atomic E-state index is 0.0396. The number of rotatable bonds is 6. The average molecular weight is 401 g/mol. The fourth-order valence-electron chi connectivity index (χ4n) is 3.27. The lowest BCUT2D eigenvalue weighted by Crippen LogP contribution is -2.47. The van der Waals surface area contributed by atoms with Crippen LogP contribution in [0.2, 0.25) is 0 Å². The van der Waals surface area contributed by atoms with Gasteiger partial charge in [0.2, 0.25) is 5.91 Å². The van der Waals surface area contributed by atoms with Gasteiger partial charge in [-0.3, -0.25) is 9.59 Å². The lowest BCUT2D eigenvalue weighted by Gasteiger charge is -2.28. The summed E-state index contributed by atoms with van der Waals surface area (Å²) in [7, 11) is 0. The van der Waals surface area contributed by atoms with E-state index in [1.165, 1.54) is 0 Å². The summed E-state index contributed by atoms with van der Waals surface area (Å²) >= 11 is 0. The number of amides is 2. The van der Waals surface area contributed by atoms with Gasteiger partial charge in [0.1, 0.15) is 11.5 Å². The summed E-state index contributed by atoms with van der Waals surface area (Å²) in [6.07, 6.45) is 0. The molecule has 2 N–H and O–H groups in total. The molecule has 4 rings (SSSR count). The number of piperazine rings is 1. The maximum Gasteiger partial charge on any atom is 0.251 e. The van der Waals surface area contributed by atoms with Crippen molar-refractivity contribution in [2.24, 2.45) is 0 Å². The molecule has 1 aliphatic heterocycles. The van der Waals surface area contributed by atoms with Gasteiger partial charge in [0.05, 0.1) is 6.54 Å². The smallest absolute Gasteiger partial charge is 0.251 e. The maximum absolute atomic E-state index is 12.4. The van der Waals surface area contributed by atoms with Crippen LogP contribution in [0.3, 0.4) is 0 Å². The molecular formula is C24H23N3O3. The van der Waals surface area contributed by atoms with Gasteiger partial charge in [-0.15, -0.1) is 0 Å². The Labute approximate surface area is 175 Å². The van der Waals surface area contributed by atoms with Gasteiger partial charge >= 0.3 is 0 Å². The molecule has 3 aromatic rings. The summed E-state index contributed by atoms with van der Waals surface area (Å²) in [5.41, 5.74) is 2.58. The summed E-state index contributed by atoms with van der Waals surface area (Å²) < 4.78 is 5.75. The van der Waals surface area contributed by atoms with Crippen molar-refractivity contribution in [1.82, 2.24) is 10.6 Å². The van der Waals surface area contributed by atoms with Crippen LogP contribution in [-0.4, -0.2) is 31.4 Å². The summed E-state index contributed by atoms with van der Waals surface area (Å²) in [5.74, 6) is 1.33. The van der Waals surface area contributed by atoms with E-state index in [1.807, 2.05) is 59.5 Å². The number of para-hydroxylation sites is 1. The number of carbonyl (C=O) groups excluding carboxylic acids is 2. The molecule has 0 radical (unpaired) electrons. The maximum atomic E-state index is 12.4. The topological polar surface area (TPSA) is 70.7 Å². The number of nitrogens with one attached hydrogen (secondary N) is 2. The molecule has 0 spiro atoms. The predicted octanol–water partition coefficient (Wildman–Crippen LogP) is 3.35. The van der Waals surface area contributed by atoms with Crippen molar-refractivity contribution in [2.45, 2.75) is 6.54 Å². The fraction of sp³-hybridized carbons (Fsp3) is 0.167. The first-order valence-corrected chi connectivity index (χ1v) is 9.89. The molecule has 1 fully saturated rings. The van der Waals surface area contributed by atoms with E-state index in [2.05, 4.69) is 10.6 Å². The Morgan fingerprint density at radius 2 is 1.63 bits per heavy atom. The van der Waals surface area contributed by atoms with Crippen LogP contribution < -0.4 is 20.3 Å². The lowest BCUT2D eigenvalue weighted by atomic mass is 10.1. The molecule has 2 amide bonds. The number of hydrogen-bond donors (Lipinski definition) is 2. The Morgan fingerprint density at radius 3 is 2.33 bits per heavy atom. The number of nitrogens with zero attached hydrogens (tertiary/aromatic N) is 1. The van der Waals surface area contributed by atoms with E-state index >= 15 is 0 Å². The van der Waals surface area contributed by atoms with Gasteiger partial charge in [-0.25, -0.2) is 0 Å². The largest absolute Gasteiger partial charge is 0.457 e. The van der Waals surface area contributed by atoms with E-state index in [0.717, 1.165) is 23.5 Å². The molecular weight excluding hydrogens is 378 g/mol. The minimum atomic E-state index is -0.141. The van der Waals surface area contributed by atoms with Gasteiger partial charge in [-0.05, 0) is 54.1 Å². The molecule has 0 unspecified atom stereocenters. The molecule has 30 heavy (non-hydrogen) atoms. The lowest BCUT2D eigenvalue weighted by molar-refractivity contribution is -0.120. The van der Waals surface area contributed by atoms with Crippen molar-refractivity contribution in [1.29, 1.82) is 0 Å². The Balaban J connectivity index is 1.30. The minimum Gasteiger partial charge on any atom is -0.457 e. The highest BCUT2D eigenvalue weighted by atomic mass is 16.5. The Bertz CT molecular complexity index is 1000. The second kappa shape index (κ2) is 9.13. The molecule has 0 atom stereocenters. The van der Waals surface area contributed by atoms with E-state index in [0.29, 0.717) is 30.9 Å². The van der Waals surface area contributed by atoms with E-state index in [9.17, 15) is 9.59 Å². The fourth-order valence-corrected chi connectivity index (χ4v) is 3.27. The van der Waals surface area contributed by atoms with Crippen molar-refractivity contribution in [3.05, 3.63) is 90.0 Å². The zero-order chi connectivity index (χ0) is 20.8. The number of carbonyl (C=O) groups is 2. The summed E-state index contributed by atoms with van der Waals surface area (Å²) in [6.45, 7) is 2.26. The number of benzene rings is 3. The van der Waals surface area contributed by atoms with Crippen LogP contribution in [-0.2, 0) is 11.3 Å². The first kappa shape index (κ1) is 19.5. The van der Waals surface area contributed by atoms with Gasteiger partial charge in [0, 0.05) is 30.9 Å². The van der Waals surface area contributed by atoms with Gasteiger partial charge < -0.3 is 20.3 Å². The number of anilines is 1. The van der Waals surface area contributed by atoms with Crippen LogP contribution in [0.4, 0.5) is 5.69 Å². The molecule has 1 heterocycles. The van der Waals surface area contributed by atoms with E-state index in [-0.39, 0.29) is 11.8 Å². The van der Waals surface area contributed by atoms with Crippen LogP contribution in [0.1, 0.15) is 15.9 Å². The standard InChI is InChI=1S/C24H23N3O3/c28-23-17-27(15-14-25-23)20-10-6-18(7-11-20)16-26-24(29)19-8-12-22(13-9-19)30-21-4-2-1-3-5-21/h1-13H,14-17H2,(H,25,28)(H,26,29). The third-order valence-electron chi connectivity index (χ3n) is 4.89. The summed E-state index contributed by atoms with van der Waals surface area (Å²) in [5, 5.41) is 5.75. The second-order valence-electron chi connectivity index (χ2n) is 7.06. The Hall–Kier alpha value is -3.80. The van der Waals surface area contributed by atoms with Crippen LogP contribution in [0.25, 0.3) is 0 Å². The third kappa shape index (κ3) is 4.97. The molecule has 0 aliphatic carbocycles. The van der Waals surface area contributed by atoms with Gasteiger partial charge in [-0.2, -0.15) is 0 Å². The number of hydrogen-bond acceptors (Lipinski definition) is 4. The monoisotopic (exact) mass is 401 g/mol. The van der Waals surface area contributed by atoms with Crippen molar-refractivity contribution in [3.63, 3.8) is 0 Å². The number of ether oxygens (including phenoxy) is 1. The molecule has 152 valence electrons. The van der Waals surface area contributed by atoms with Crippen molar-refractivity contribution < 1.29 is 14.3 Å². The van der Waals surface area contributed by atoms with E-state index in [1.54, 1.807) is 24.3 Å². The first-order valence-electron chi connectivity index (χ1n) is 9.89. The zero-order valence-electron chi connectivity index (χ0n) is 16.5. The van der Waals surface area contributed by atoms with Crippen LogP contribution in [0.5, 0.6) is 11.5 Å². The van der Waals surface area contributed by atoms with Gasteiger partial charge in [-0.1, -0.05) is 30.3 Å². The zero-order valence-corrected chi connectivity index (χ0v) is 16.5. The van der Waals surface area contributed by atoms with Crippen LogP contribution >= 0.6 is 0 Å². The highest BCUT2D eigenvalue weighted by Crippen LogP contribution is 2.21. The Kier molecular flexibility index (Phi) is 5.94. The third-order valence-corrected chi connectivity index (χ3v) is 4.89. The molecule has 1 saturated heterocycles. The molecule has 1 aliphatic rings. The predicted molar refractivity (Wildman–Crippen MR) is 116 cm³/mol. The molecule has 0 bridgehead atoms. The van der Waals surface area contributed by atoms with Crippen molar-refractivity contribution in [2.75, 3.05) is 24.5 Å². The highest BCUT2D eigenvalue weighted by Gasteiger charge is 2.16. The summed E-state index contributed by atoms with van der Waals surface area (Å²) in [6, 6.07) is 24.5. The van der Waals surface area contributed by atoms with Gasteiger partial charge in [0.25, 0.3) is 5.91 Å². The molecule has 0 aromatic heterocycles. The van der Waals surface area contributed by atoms with E-state index < -0.39 is 0 Å². The molecule has 6 heteroatoms. The molecule has 3 aromatic carbocycles. The molecule has 0 saturated carbocycles. The Morgan fingerprint density at radius 1 is 0.933 bits per heavy atom. The van der Waals surface area contributed by atoms with Crippen molar-refractivity contribution >= 4 is 17.5 Å². The van der Waals surface area contributed by atoms with Gasteiger partial charge in [0.15, 0.2) is 0 Å². The second-order valence-corrected chi connectivity index (χ2v) is 7.06. The summed E-state index contributed by atoms with van der Waals surface area (Å²) in [4.78, 5) is 26.0. The first-order chi connectivity index (χ1) is 14.7. The van der Waals surface area contributed by atoms with E-state index in [4.69, 9.17) is 4.74 Å². The van der Waals surface area contributed by atoms with Crippen molar-refractivity contribution in [3.8, 4) is 11.5 Å².